The molecule has 0 fully saturated rings. The molecule has 0 radical (unpaired) electrons. The highest BCUT2D eigenvalue weighted by Gasteiger charge is 2.15. The number of rotatable bonds is 7. The molecule has 0 spiro atoms. The summed E-state index contributed by atoms with van der Waals surface area (Å²) in [7, 11) is -3.37. The summed E-state index contributed by atoms with van der Waals surface area (Å²) in [5.41, 5.74) is 4.64. The number of hydrogen-bond acceptors (Lipinski definition) is 4. The van der Waals surface area contributed by atoms with Gasteiger partial charge in [0.1, 0.15) is 0 Å². The predicted molar refractivity (Wildman–Crippen MR) is 111 cm³/mol. The van der Waals surface area contributed by atoms with Gasteiger partial charge in [-0.05, 0) is 44.0 Å². The minimum Gasteiger partial charge on any atom is -0.380 e. The van der Waals surface area contributed by atoms with Crippen molar-refractivity contribution in [2.24, 2.45) is 0 Å². The number of para-hydroxylation sites is 1. The molecule has 27 heavy (non-hydrogen) atoms. The predicted octanol–water partition coefficient (Wildman–Crippen LogP) is 3.98. The molecule has 0 aliphatic carbocycles. The summed E-state index contributed by atoms with van der Waals surface area (Å²) in [6, 6.07) is 17.5. The van der Waals surface area contributed by atoms with E-state index in [1.54, 1.807) is 0 Å². The van der Waals surface area contributed by atoms with Gasteiger partial charge in [-0.3, -0.25) is 4.98 Å². The zero-order valence-corrected chi connectivity index (χ0v) is 16.7. The lowest BCUT2D eigenvalue weighted by molar-refractivity contribution is 0.569. The minimum atomic E-state index is -3.37. The van der Waals surface area contributed by atoms with Crippen molar-refractivity contribution in [2.75, 3.05) is 5.32 Å². The zero-order valence-electron chi connectivity index (χ0n) is 15.9. The highest BCUT2D eigenvalue weighted by Crippen LogP contribution is 2.24. The van der Waals surface area contributed by atoms with E-state index in [1.807, 2.05) is 75.4 Å². The number of benzene rings is 2. The van der Waals surface area contributed by atoms with Crippen LogP contribution in [0.1, 0.15) is 30.7 Å². The standard InChI is InChI=1S/C21H25N3O2S/c1-15(2)24-27(25,26)14-18-9-5-4-8-17(18)13-22-21-12-16(3)23-20-11-7-6-10-19(20)21/h4-12,15,24H,13-14H2,1-3H3,(H,22,23). The Labute approximate surface area is 160 Å². The lowest BCUT2D eigenvalue weighted by atomic mass is 10.1. The van der Waals surface area contributed by atoms with Crippen LogP contribution in [0.25, 0.3) is 10.9 Å². The molecule has 2 aromatic carbocycles. The van der Waals surface area contributed by atoms with Gasteiger partial charge in [0, 0.05) is 29.4 Å². The van der Waals surface area contributed by atoms with E-state index >= 15 is 0 Å². The summed E-state index contributed by atoms with van der Waals surface area (Å²) < 4.78 is 27.3. The van der Waals surface area contributed by atoms with E-state index in [-0.39, 0.29) is 11.8 Å². The van der Waals surface area contributed by atoms with Crippen molar-refractivity contribution in [1.82, 2.24) is 9.71 Å². The number of aryl methyl sites for hydroxylation is 1. The SMILES string of the molecule is Cc1cc(NCc2ccccc2CS(=O)(=O)NC(C)C)c2ccccc2n1. The monoisotopic (exact) mass is 383 g/mol. The molecule has 1 heterocycles. The first kappa shape index (κ1) is 19.3. The van der Waals surface area contributed by atoms with Crippen LogP contribution in [0.4, 0.5) is 5.69 Å². The molecular formula is C21H25N3O2S. The van der Waals surface area contributed by atoms with Gasteiger partial charge in [-0.1, -0.05) is 42.5 Å². The fraction of sp³-hybridized carbons (Fsp3) is 0.286. The third-order valence-corrected chi connectivity index (χ3v) is 5.71. The first-order valence-electron chi connectivity index (χ1n) is 9.01. The second kappa shape index (κ2) is 8.06. The summed E-state index contributed by atoms with van der Waals surface area (Å²) >= 11 is 0. The number of fused-ring (bicyclic) bond motifs is 1. The van der Waals surface area contributed by atoms with Crippen molar-refractivity contribution in [1.29, 1.82) is 0 Å². The van der Waals surface area contributed by atoms with Crippen LogP contribution in [-0.4, -0.2) is 19.4 Å². The van der Waals surface area contributed by atoms with Crippen molar-refractivity contribution >= 4 is 26.6 Å². The second-order valence-corrected chi connectivity index (χ2v) is 8.74. The van der Waals surface area contributed by atoms with E-state index in [0.29, 0.717) is 6.54 Å². The number of sulfonamides is 1. The maximum absolute atomic E-state index is 12.3. The smallest absolute Gasteiger partial charge is 0.216 e. The van der Waals surface area contributed by atoms with E-state index < -0.39 is 10.0 Å². The molecule has 1 aromatic heterocycles. The molecule has 0 bridgehead atoms. The average Bonchev–Trinajstić information content (AvgIpc) is 2.59. The number of nitrogens with one attached hydrogen (secondary N) is 2. The summed E-state index contributed by atoms with van der Waals surface area (Å²) in [5.74, 6) is -0.0286. The molecule has 0 aliphatic heterocycles. The molecule has 2 N–H and O–H groups in total. The molecule has 0 aliphatic rings. The number of hydrogen-bond donors (Lipinski definition) is 2. The highest BCUT2D eigenvalue weighted by molar-refractivity contribution is 7.88. The Morgan fingerprint density at radius 2 is 1.67 bits per heavy atom. The van der Waals surface area contributed by atoms with Crippen molar-refractivity contribution in [3.05, 3.63) is 71.4 Å². The van der Waals surface area contributed by atoms with Crippen LogP contribution in [0, 0.1) is 6.92 Å². The largest absolute Gasteiger partial charge is 0.380 e. The zero-order chi connectivity index (χ0) is 19.4. The maximum Gasteiger partial charge on any atom is 0.216 e. The Balaban J connectivity index is 1.84. The molecule has 142 valence electrons. The Hall–Kier alpha value is -2.44. The molecule has 0 unspecified atom stereocenters. The topological polar surface area (TPSA) is 71.1 Å². The molecule has 0 saturated carbocycles. The quantitative estimate of drug-likeness (QED) is 0.647. The van der Waals surface area contributed by atoms with E-state index in [1.165, 1.54) is 0 Å². The van der Waals surface area contributed by atoms with E-state index in [4.69, 9.17) is 0 Å². The summed E-state index contributed by atoms with van der Waals surface area (Å²) in [6.45, 7) is 6.15. The Morgan fingerprint density at radius 1 is 1.00 bits per heavy atom. The van der Waals surface area contributed by atoms with Crippen molar-refractivity contribution in [3.8, 4) is 0 Å². The van der Waals surface area contributed by atoms with Gasteiger partial charge in [-0.25, -0.2) is 13.1 Å². The molecule has 0 atom stereocenters. The molecule has 6 heteroatoms. The van der Waals surface area contributed by atoms with Crippen LogP contribution < -0.4 is 10.0 Å². The first-order valence-corrected chi connectivity index (χ1v) is 10.7. The van der Waals surface area contributed by atoms with Crippen LogP contribution in [0.15, 0.2) is 54.6 Å². The maximum atomic E-state index is 12.3. The molecular weight excluding hydrogens is 358 g/mol. The molecule has 5 nitrogen and oxygen atoms in total. The van der Waals surface area contributed by atoms with Crippen LogP contribution >= 0.6 is 0 Å². The first-order chi connectivity index (χ1) is 12.8. The minimum absolute atomic E-state index is 0.0286. The fourth-order valence-corrected chi connectivity index (χ4v) is 4.61. The number of anilines is 1. The summed E-state index contributed by atoms with van der Waals surface area (Å²) in [6.07, 6.45) is 0. The molecule has 3 rings (SSSR count). The molecule has 3 aromatic rings. The van der Waals surface area contributed by atoms with Crippen LogP contribution in [0.3, 0.4) is 0 Å². The van der Waals surface area contributed by atoms with Gasteiger partial charge in [-0.2, -0.15) is 0 Å². The van der Waals surface area contributed by atoms with Gasteiger partial charge in [0.05, 0.1) is 11.3 Å². The number of aromatic nitrogens is 1. The van der Waals surface area contributed by atoms with Crippen LogP contribution in [0.5, 0.6) is 0 Å². The van der Waals surface area contributed by atoms with Gasteiger partial charge in [0.15, 0.2) is 0 Å². The van der Waals surface area contributed by atoms with Gasteiger partial charge in [0.2, 0.25) is 10.0 Å². The van der Waals surface area contributed by atoms with Crippen LogP contribution in [-0.2, 0) is 22.3 Å². The Morgan fingerprint density at radius 3 is 2.41 bits per heavy atom. The highest BCUT2D eigenvalue weighted by atomic mass is 32.2. The molecule has 0 amide bonds. The summed E-state index contributed by atoms with van der Waals surface area (Å²) in [4.78, 5) is 4.56. The van der Waals surface area contributed by atoms with Crippen molar-refractivity contribution in [3.63, 3.8) is 0 Å². The summed E-state index contributed by atoms with van der Waals surface area (Å²) in [5, 5.41) is 4.51. The average molecular weight is 384 g/mol. The normalized spacial score (nSPS) is 11.9. The number of nitrogens with zero attached hydrogens (tertiary/aromatic N) is 1. The molecule has 0 saturated heterocycles. The van der Waals surface area contributed by atoms with Gasteiger partial charge >= 0.3 is 0 Å². The number of pyridine rings is 1. The lowest BCUT2D eigenvalue weighted by Crippen LogP contribution is -2.31. The van der Waals surface area contributed by atoms with Gasteiger partial charge < -0.3 is 5.32 Å². The third-order valence-electron chi connectivity index (χ3n) is 4.19. The Bertz CT molecular complexity index is 1050. The van der Waals surface area contributed by atoms with E-state index in [0.717, 1.165) is 33.4 Å². The van der Waals surface area contributed by atoms with E-state index in [2.05, 4.69) is 15.0 Å². The van der Waals surface area contributed by atoms with Crippen molar-refractivity contribution in [2.45, 2.75) is 39.1 Å². The second-order valence-electron chi connectivity index (χ2n) is 6.98. The fourth-order valence-electron chi connectivity index (χ4n) is 3.12. The lowest BCUT2D eigenvalue weighted by Gasteiger charge is -2.15. The van der Waals surface area contributed by atoms with Gasteiger partial charge in [-0.15, -0.1) is 0 Å². The van der Waals surface area contributed by atoms with Crippen LogP contribution in [0.2, 0.25) is 0 Å². The third kappa shape index (κ3) is 5.05. The van der Waals surface area contributed by atoms with E-state index in [9.17, 15) is 8.42 Å². The van der Waals surface area contributed by atoms with Gasteiger partial charge in [0.25, 0.3) is 0 Å². The Kier molecular flexibility index (Phi) is 5.77. The van der Waals surface area contributed by atoms with Crippen molar-refractivity contribution < 1.29 is 8.42 Å².